The van der Waals surface area contributed by atoms with Crippen LogP contribution in [0, 0.1) is 5.92 Å². The van der Waals surface area contributed by atoms with Gasteiger partial charge in [0.2, 0.25) is 0 Å². The molecule has 0 amide bonds. The summed E-state index contributed by atoms with van der Waals surface area (Å²) in [5.41, 5.74) is 0. The van der Waals surface area contributed by atoms with Crippen LogP contribution < -0.4 is 5.32 Å². The van der Waals surface area contributed by atoms with Crippen LogP contribution in [-0.4, -0.2) is 19.3 Å². The van der Waals surface area contributed by atoms with Crippen LogP contribution in [0.1, 0.15) is 29.1 Å². The Morgan fingerprint density at radius 2 is 2.30 bits per heavy atom. The maximum Gasteiger partial charge on any atom is 0.0931 e. The summed E-state index contributed by atoms with van der Waals surface area (Å²) in [5, 5.41) is 5.83. The van der Waals surface area contributed by atoms with Crippen molar-refractivity contribution in [2.24, 2.45) is 5.92 Å². The lowest BCUT2D eigenvalue weighted by Crippen LogP contribution is -2.30. The van der Waals surface area contributed by atoms with Gasteiger partial charge >= 0.3 is 0 Å². The third kappa shape index (κ3) is 3.26. The van der Waals surface area contributed by atoms with E-state index in [9.17, 15) is 0 Å². The molecular weight excluding hydrogens is 310 g/mol. The van der Waals surface area contributed by atoms with Crippen molar-refractivity contribution in [2.75, 3.05) is 13.2 Å². The van der Waals surface area contributed by atoms with Gasteiger partial charge in [-0.3, -0.25) is 0 Å². The molecule has 0 spiro atoms. The van der Waals surface area contributed by atoms with Crippen molar-refractivity contribution in [3.05, 3.63) is 43.7 Å². The van der Waals surface area contributed by atoms with Gasteiger partial charge < -0.3 is 10.1 Å². The summed E-state index contributed by atoms with van der Waals surface area (Å²) in [4.78, 5) is 2.62. The van der Waals surface area contributed by atoms with Gasteiger partial charge in [-0.1, -0.05) is 17.7 Å². The maximum absolute atomic E-state index is 6.09. The maximum atomic E-state index is 6.09. The number of nitrogens with one attached hydrogen (secondary N) is 1. The minimum atomic E-state index is 0.250. The highest BCUT2D eigenvalue weighted by atomic mass is 35.5. The molecule has 1 aliphatic rings. The standard InChI is InChI=1S/C15H18ClNOS2/c1-10-11(6-7-18-10)9-17-15(12-3-2-8-19-12)13-4-5-14(16)20-13/h2-5,8,10-11,15,17H,6-7,9H2,1H3. The Bertz CT molecular complexity index is 540. The van der Waals surface area contributed by atoms with E-state index in [1.807, 2.05) is 6.07 Å². The minimum Gasteiger partial charge on any atom is -0.378 e. The van der Waals surface area contributed by atoms with E-state index in [0.717, 1.165) is 23.9 Å². The Labute approximate surface area is 132 Å². The molecule has 108 valence electrons. The molecule has 3 atom stereocenters. The Morgan fingerprint density at radius 3 is 2.90 bits per heavy atom. The molecule has 5 heteroatoms. The molecule has 3 unspecified atom stereocenters. The Hall–Kier alpha value is -0.390. The molecule has 1 saturated heterocycles. The van der Waals surface area contributed by atoms with Gasteiger partial charge in [0.15, 0.2) is 0 Å². The lowest BCUT2D eigenvalue weighted by molar-refractivity contribution is 0.105. The van der Waals surface area contributed by atoms with Crippen molar-refractivity contribution in [3.63, 3.8) is 0 Å². The fourth-order valence-electron chi connectivity index (χ4n) is 2.59. The topological polar surface area (TPSA) is 21.3 Å². The van der Waals surface area contributed by atoms with E-state index < -0.39 is 0 Å². The molecule has 0 aliphatic carbocycles. The molecule has 3 rings (SSSR count). The first kappa shape index (κ1) is 14.5. The SMILES string of the molecule is CC1OCCC1CNC(c1cccs1)c1ccc(Cl)s1. The van der Waals surface area contributed by atoms with E-state index in [0.29, 0.717) is 12.0 Å². The summed E-state index contributed by atoms with van der Waals surface area (Å²) >= 11 is 9.53. The van der Waals surface area contributed by atoms with E-state index in [2.05, 4.69) is 35.8 Å². The van der Waals surface area contributed by atoms with Gasteiger partial charge in [-0.2, -0.15) is 0 Å². The molecule has 1 fully saturated rings. The largest absolute Gasteiger partial charge is 0.378 e. The van der Waals surface area contributed by atoms with Crippen molar-refractivity contribution in [2.45, 2.75) is 25.5 Å². The third-order valence-corrected chi connectivity index (χ3v) is 6.06. The monoisotopic (exact) mass is 327 g/mol. The highest BCUT2D eigenvalue weighted by molar-refractivity contribution is 7.16. The van der Waals surface area contributed by atoms with Crippen LogP contribution >= 0.6 is 34.3 Å². The van der Waals surface area contributed by atoms with Gasteiger partial charge in [0.1, 0.15) is 0 Å². The van der Waals surface area contributed by atoms with Crippen LogP contribution in [-0.2, 0) is 4.74 Å². The smallest absolute Gasteiger partial charge is 0.0931 e. The van der Waals surface area contributed by atoms with Gasteiger partial charge in [0, 0.05) is 22.9 Å². The Morgan fingerprint density at radius 1 is 1.40 bits per heavy atom. The molecule has 20 heavy (non-hydrogen) atoms. The minimum absolute atomic E-state index is 0.250. The first-order chi connectivity index (χ1) is 9.74. The van der Waals surface area contributed by atoms with Crippen molar-refractivity contribution < 1.29 is 4.74 Å². The van der Waals surface area contributed by atoms with Gasteiger partial charge in [-0.25, -0.2) is 0 Å². The summed E-state index contributed by atoms with van der Waals surface area (Å²) in [6.07, 6.45) is 1.51. The first-order valence-corrected chi connectivity index (χ1v) is 8.95. The lowest BCUT2D eigenvalue weighted by atomic mass is 10.0. The normalized spacial score (nSPS) is 24.1. The number of halogens is 1. The summed E-state index contributed by atoms with van der Waals surface area (Å²) in [6.45, 7) is 4.04. The fourth-order valence-corrected chi connectivity index (χ4v) is 4.64. The average Bonchev–Trinajstić information content (AvgIpc) is 3.14. The molecule has 0 saturated carbocycles. The quantitative estimate of drug-likeness (QED) is 0.868. The molecular formula is C15H18ClNOS2. The number of hydrogen-bond acceptors (Lipinski definition) is 4. The highest BCUT2D eigenvalue weighted by Crippen LogP contribution is 2.33. The van der Waals surface area contributed by atoms with Gasteiger partial charge in [0.25, 0.3) is 0 Å². The Balaban J connectivity index is 1.73. The number of rotatable bonds is 5. The second-order valence-electron chi connectivity index (χ2n) is 5.12. The van der Waals surface area contributed by atoms with E-state index in [1.165, 1.54) is 9.75 Å². The van der Waals surface area contributed by atoms with Crippen molar-refractivity contribution >= 4 is 34.3 Å². The molecule has 2 aromatic heterocycles. The predicted octanol–water partition coefficient (Wildman–Crippen LogP) is 4.57. The molecule has 0 aromatic carbocycles. The van der Waals surface area contributed by atoms with E-state index in [-0.39, 0.29) is 6.04 Å². The van der Waals surface area contributed by atoms with Crippen molar-refractivity contribution in [1.82, 2.24) is 5.32 Å². The second-order valence-corrected chi connectivity index (χ2v) is 7.85. The number of hydrogen-bond donors (Lipinski definition) is 1. The molecule has 1 aliphatic heterocycles. The molecule has 2 nitrogen and oxygen atoms in total. The third-order valence-electron chi connectivity index (χ3n) is 3.82. The van der Waals surface area contributed by atoms with Gasteiger partial charge in [0.05, 0.1) is 16.5 Å². The second kappa shape index (κ2) is 6.58. The van der Waals surface area contributed by atoms with Gasteiger partial charge in [-0.05, 0) is 42.8 Å². The van der Waals surface area contributed by atoms with E-state index >= 15 is 0 Å². The lowest BCUT2D eigenvalue weighted by Gasteiger charge is -2.20. The number of ether oxygens (including phenoxy) is 1. The number of thiophene rings is 2. The fraction of sp³-hybridized carbons (Fsp3) is 0.467. The molecule has 1 N–H and O–H groups in total. The average molecular weight is 328 g/mol. The van der Waals surface area contributed by atoms with Gasteiger partial charge in [-0.15, -0.1) is 22.7 Å². The first-order valence-electron chi connectivity index (χ1n) is 6.87. The van der Waals surface area contributed by atoms with Crippen LogP contribution in [0.3, 0.4) is 0 Å². The Kier molecular flexibility index (Phi) is 4.79. The zero-order valence-electron chi connectivity index (χ0n) is 11.3. The van der Waals surface area contributed by atoms with Crippen molar-refractivity contribution in [3.8, 4) is 0 Å². The zero-order chi connectivity index (χ0) is 13.9. The van der Waals surface area contributed by atoms with E-state index in [1.54, 1.807) is 22.7 Å². The molecule has 0 radical (unpaired) electrons. The zero-order valence-corrected chi connectivity index (χ0v) is 13.7. The summed E-state index contributed by atoms with van der Waals surface area (Å²) in [6, 6.07) is 8.64. The summed E-state index contributed by atoms with van der Waals surface area (Å²) < 4.78 is 6.49. The molecule has 2 aromatic rings. The highest BCUT2D eigenvalue weighted by Gasteiger charge is 2.26. The van der Waals surface area contributed by atoms with E-state index in [4.69, 9.17) is 16.3 Å². The van der Waals surface area contributed by atoms with Crippen LogP contribution in [0.15, 0.2) is 29.6 Å². The molecule has 3 heterocycles. The van der Waals surface area contributed by atoms with Crippen LogP contribution in [0.2, 0.25) is 4.34 Å². The van der Waals surface area contributed by atoms with Crippen LogP contribution in [0.4, 0.5) is 0 Å². The van der Waals surface area contributed by atoms with Crippen molar-refractivity contribution in [1.29, 1.82) is 0 Å². The predicted molar refractivity (Wildman–Crippen MR) is 87.0 cm³/mol. The van der Waals surface area contributed by atoms with Crippen LogP contribution in [0.25, 0.3) is 0 Å². The molecule has 0 bridgehead atoms. The van der Waals surface area contributed by atoms with Crippen LogP contribution in [0.5, 0.6) is 0 Å². The summed E-state index contributed by atoms with van der Waals surface area (Å²) in [5.74, 6) is 0.605. The summed E-state index contributed by atoms with van der Waals surface area (Å²) in [7, 11) is 0.